The van der Waals surface area contributed by atoms with E-state index in [9.17, 15) is 9.59 Å². The Balaban J connectivity index is 5.02. The van der Waals surface area contributed by atoms with E-state index in [1.54, 1.807) is 7.05 Å². The lowest BCUT2D eigenvalue weighted by molar-refractivity contribution is -0.123. The molecule has 0 aromatic rings. The van der Waals surface area contributed by atoms with Gasteiger partial charge in [0, 0.05) is 110 Å². The molecule has 0 heterocycles. The second-order valence-electron chi connectivity index (χ2n) is 15.4. The van der Waals surface area contributed by atoms with Crippen LogP contribution in [0.5, 0.6) is 0 Å². The summed E-state index contributed by atoms with van der Waals surface area (Å²) < 4.78 is 0. The lowest BCUT2D eigenvalue weighted by Crippen LogP contribution is -2.45. The molecule has 61 heavy (non-hydrogen) atoms. The molecule has 0 radical (unpaired) electrons. The van der Waals surface area contributed by atoms with E-state index in [1.165, 1.54) is 0 Å². The van der Waals surface area contributed by atoms with E-state index in [-0.39, 0.29) is 29.8 Å². The van der Waals surface area contributed by atoms with Crippen molar-refractivity contribution in [2.75, 3.05) is 144 Å². The molecule has 0 spiro atoms. The number of nitrogens with two attached hydrogens (primary N) is 6. The van der Waals surface area contributed by atoms with Crippen LogP contribution in [0.3, 0.4) is 0 Å². The Morgan fingerprint density at radius 3 is 1.74 bits per heavy atom. The van der Waals surface area contributed by atoms with E-state index in [1.807, 2.05) is 7.05 Å². The molecule has 2 unspecified atom stereocenters. The van der Waals surface area contributed by atoms with E-state index >= 15 is 0 Å². The van der Waals surface area contributed by atoms with Crippen LogP contribution >= 0.6 is 12.6 Å². The summed E-state index contributed by atoms with van der Waals surface area (Å²) in [6.07, 6.45) is 9.37. The largest absolute Gasteiger partial charge is 0.370 e. The number of aliphatic imine (C=N–C) groups is 2. The molecule has 0 aromatic carbocycles. The number of rotatable bonds is 44. The van der Waals surface area contributed by atoms with Gasteiger partial charge in [0.15, 0.2) is 11.9 Å². The van der Waals surface area contributed by atoms with Crippen molar-refractivity contribution < 1.29 is 9.59 Å². The number of hydrogen-bond acceptors (Lipinski definition) is 15. The summed E-state index contributed by atoms with van der Waals surface area (Å²) in [5, 5.41) is 27.6. The molecule has 0 saturated carbocycles. The second kappa shape index (κ2) is 41.2. The molecule has 0 fully saturated rings. The third-order valence-electron chi connectivity index (χ3n) is 10.2. The molecule has 0 aliphatic heterocycles. The summed E-state index contributed by atoms with van der Waals surface area (Å²) in [4.78, 5) is 40.5. The number of nitrogens with zero attached hydrogens (tertiary/aromatic N) is 5. The van der Waals surface area contributed by atoms with Gasteiger partial charge in [0.2, 0.25) is 11.8 Å². The highest BCUT2D eigenvalue weighted by molar-refractivity contribution is 7.80. The van der Waals surface area contributed by atoms with Crippen molar-refractivity contribution >= 4 is 42.1 Å². The number of nitrogens with one attached hydrogen (secondary N) is 7. The van der Waals surface area contributed by atoms with Gasteiger partial charge in [-0.2, -0.15) is 12.6 Å². The minimum absolute atomic E-state index is 0.0261. The van der Waals surface area contributed by atoms with Crippen LogP contribution < -0.4 is 66.3 Å². The molecule has 21 heteroatoms. The predicted molar refractivity (Wildman–Crippen MR) is 259 cm³/mol. The number of guanidine groups is 2. The maximum atomic E-state index is 12.7. The normalized spacial score (nSPS) is 12.5. The fourth-order valence-corrected chi connectivity index (χ4v) is 6.74. The van der Waals surface area contributed by atoms with Crippen LogP contribution in [0.2, 0.25) is 0 Å². The lowest BCUT2D eigenvalue weighted by Gasteiger charge is -2.28. The summed E-state index contributed by atoms with van der Waals surface area (Å²) in [7, 11) is 3.78. The monoisotopic (exact) mass is 887 g/mol. The number of likely N-dealkylation sites (N-methyl/N-ethyl adjacent to an activating group) is 2. The average molecular weight is 887 g/mol. The SMILES string of the molecule is CNCCN(CCNCCCC(=N)CCCS)CCN(CCCCCN(CCN)CCNC(=O)C(N)CCCN=C(N)N)CCNCCNC(=O)C(CCCN=C(N)N)NC. The highest BCUT2D eigenvalue weighted by atomic mass is 32.1. The van der Waals surface area contributed by atoms with Gasteiger partial charge in [-0.1, -0.05) is 6.42 Å². The Hall–Kier alpha value is -2.86. The number of carbonyl (C=O) groups excluding carboxylic acids is 2. The molecule has 2 amide bonds. The van der Waals surface area contributed by atoms with E-state index in [0.717, 1.165) is 135 Å². The summed E-state index contributed by atoms with van der Waals surface area (Å²) >= 11 is 4.26. The number of thiol groups is 1. The molecule has 0 saturated heterocycles. The van der Waals surface area contributed by atoms with Gasteiger partial charge in [-0.15, -0.1) is 0 Å². The zero-order chi connectivity index (χ0) is 45.4. The van der Waals surface area contributed by atoms with E-state index in [4.69, 9.17) is 39.8 Å². The average Bonchev–Trinajstić information content (AvgIpc) is 3.23. The molecule has 0 aliphatic rings. The van der Waals surface area contributed by atoms with Gasteiger partial charge >= 0.3 is 0 Å². The lowest BCUT2D eigenvalue weighted by atomic mass is 10.1. The van der Waals surface area contributed by atoms with Gasteiger partial charge in [0.05, 0.1) is 12.1 Å². The number of unbranched alkanes of at least 4 members (excludes halogenated alkanes) is 2. The van der Waals surface area contributed by atoms with Gasteiger partial charge < -0.3 is 81.5 Å². The van der Waals surface area contributed by atoms with Gasteiger partial charge in [-0.25, -0.2) is 0 Å². The molecule has 358 valence electrons. The summed E-state index contributed by atoms with van der Waals surface area (Å²) in [6, 6.07) is -0.885. The van der Waals surface area contributed by atoms with E-state index in [2.05, 4.69) is 69.2 Å². The third-order valence-corrected chi connectivity index (χ3v) is 10.5. The summed E-state index contributed by atoms with van der Waals surface area (Å²) in [6.45, 7) is 15.0. The fourth-order valence-electron chi connectivity index (χ4n) is 6.58. The first-order chi connectivity index (χ1) is 29.5. The van der Waals surface area contributed by atoms with Crippen molar-refractivity contribution in [1.82, 2.24) is 46.6 Å². The maximum absolute atomic E-state index is 12.7. The van der Waals surface area contributed by atoms with Gasteiger partial charge in [0.25, 0.3) is 0 Å². The zero-order valence-electron chi connectivity index (χ0n) is 38.0. The van der Waals surface area contributed by atoms with Gasteiger partial charge in [0.1, 0.15) is 0 Å². The zero-order valence-corrected chi connectivity index (χ0v) is 38.9. The Morgan fingerprint density at radius 2 is 1.15 bits per heavy atom. The Labute approximate surface area is 374 Å². The predicted octanol–water partition coefficient (Wildman–Crippen LogP) is -2.82. The van der Waals surface area contributed by atoms with Crippen LogP contribution in [-0.2, 0) is 9.59 Å². The van der Waals surface area contributed by atoms with Crippen molar-refractivity contribution in [1.29, 1.82) is 5.41 Å². The van der Waals surface area contributed by atoms with Crippen LogP contribution in [0, 0.1) is 5.41 Å². The van der Waals surface area contributed by atoms with E-state index < -0.39 is 6.04 Å². The highest BCUT2D eigenvalue weighted by Gasteiger charge is 2.16. The van der Waals surface area contributed by atoms with Crippen molar-refractivity contribution in [3.05, 3.63) is 0 Å². The quantitative estimate of drug-likeness (QED) is 0.0127. The summed E-state index contributed by atoms with van der Waals surface area (Å²) in [5.41, 5.74) is 34.3. The topological polar surface area (TPSA) is 321 Å². The van der Waals surface area contributed by atoms with Crippen LogP contribution in [0.15, 0.2) is 9.98 Å². The third kappa shape index (κ3) is 36.3. The number of hydrogen-bond donors (Lipinski definition) is 14. The van der Waals surface area contributed by atoms with Crippen LogP contribution in [-0.4, -0.2) is 200 Å². The molecular weight excluding hydrogens is 797 g/mol. The Bertz CT molecular complexity index is 1150. The minimum atomic E-state index is -0.594. The molecule has 0 bridgehead atoms. The first-order valence-corrected chi connectivity index (χ1v) is 23.3. The minimum Gasteiger partial charge on any atom is -0.370 e. The summed E-state index contributed by atoms with van der Waals surface area (Å²) in [5.74, 6) is 0.741. The molecule has 2 atom stereocenters. The molecule has 0 aromatic heterocycles. The fraction of sp³-hybridized carbons (Fsp3) is 0.875. The smallest absolute Gasteiger partial charge is 0.237 e. The molecule has 19 N–H and O–H groups in total. The van der Waals surface area contributed by atoms with Crippen LogP contribution in [0.1, 0.15) is 70.6 Å². The van der Waals surface area contributed by atoms with Crippen molar-refractivity contribution in [3.8, 4) is 0 Å². The van der Waals surface area contributed by atoms with Crippen molar-refractivity contribution in [3.63, 3.8) is 0 Å². The molecule has 20 nitrogen and oxygen atoms in total. The van der Waals surface area contributed by atoms with E-state index in [0.29, 0.717) is 71.5 Å². The standard InChI is InChI=1S/C40H90N18O2S/c1-48-20-27-58(29-21-50-15-6-10-34(42)11-9-33-61)32-31-57(28-22-51-18-19-52-38(60)36(49-2)13-8-17-55-40(46)47)25-5-3-4-24-56(26-14-41)30-23-53-37(59)35(43)12-7-16-54-39(44)45/h35-36,42,48-51,61H,3-33,41,43H2,1-2H3,(H,52,60)(H,53,59)(H4,44,45,54)(H4,46,47,55). The molecule has 0 rings (SSSR count). The Morgan fingerprint density at radius 1 is 0.607 bits per heavy atom. The first-order valence-electron chi connectivity index (χ1n) is 22.7. The Kier molecular flexibility index (Phi) is 39.2. The van der Waals surface area contributed by atoms with Crippen molar-refractivity contribution in [2.45, 2.75) is 82.7 Å². The van der Waals surface area contributed by atoms with Gasteiger partial charge in [-0.3, -0.25) is 24.5 Å². The van der Waals surface area contributed by atoms with Crippen LogP contribution in [0.4, 0.5) is 0 Å². The molecular formula is C40H90N18O2S. The maximum Gasteiger partial charge on any atom is 0.237 e. The highest BCUT2D eigenvalue weighted by Crippen LogP contribution is 2.04. The molecule has 0 aliphatic carbocycles. The number of amides is 2. The van der Waals surface area contributed by atoms with Crippen LogP contribution in [0.25, 0.3) is 0 Å². The van der Waals surface area contributed by atoms with Crippen molar-refractivity contribution in [2.24, 2.45) is 44.4 Å². The van der Waals surface area contributed by atoms with Gasteiger partial charge in [-0.05, 0) is 104 Å². The first kappa shape index (κ1) is 58.1. The number of carbonyl (C=O) groups is 2. The second-order valence-corrected chi connectivity index (χ2v) is 15.9.